The Kier molecular flexibility index (Phi) is 4.49. The number of halogens is 1. The summed E-state index contributed by atoms with van der Waals surface area (Å²) in [6.07, 6.45) is 1.01. The second-order valence-corrected chi connectivity index (χ2v) is 3.82. The van der Waals surface area contributed by atoms with Gasteiger partial charge in [-0.05, 0) is 49.8 Å². The van der Waals surface area contributed by atoms with E-state index < -0.39 is 0 Å². The Bertz CT molecular complexity index is 324. The Morgan fingerprint density at radius 2 is 2.00 bits per heavy atom. The highest BCUT2D eigenvalue weighted by Crippen LogP contribution is 2.07. The van der Waals surface area contributed by atoms with Crippen molar-refractivity contribution in [3.63, 3.8) is 0 Å². The third-order valence-electron chi connectivity index (χ3n) is 2.09. The van der Waals surface area contributed by atoms with E-state index in [9.17, 15) is 4.39 Å². The molecule has 0 aliphatic heterocycles. The van der Waals surface area contributed by atoms with Crippen LogP contribution < -0.4 is 10.6 Å². The lowest BCUT2D eigenvalue weighted by Crippen LogP contribution is -2.35. The topological polar surface area (TPSA) is 24.1 Å². The van der Waals surface area contributed by atoms with Crippen molar-refractivity contribution in [1.29, 1.82) is 0 Å². The van der Waals surface area contributed by atoms with Crippen molar-refractivity contribution < 1.29 is 4.39 Å². The van der Waals surface area contributed by atoms with Crippen molar-refractivity contribution in [3.05, 3.63) is 30.1 Å². The minimum absolute atomic E-state index is 0.249. The molecule has 0 heterocycles. The second-order valence-electron chi connectivity index (χ2n) is 3.41. The summed E-state index contributed by atoms with van der Waals surface area (Å²) in [5, 5.41) is 6.67. The zero-order valence-corrected chi connectivity index (χ0v) is 9.70. The van der Waals surface area contributed by atoms with Gasteiger partial charge in [-0.15, -0.1) is 0 Å². The molecule has 0 bridgehead atoms. The third kappa shape index (κ3) is 4.25. The molecule has 0 spiro atoms. The number of thiocarbonyl (C=S) groups is 1. The molecule has 2 nitrogen and oxygen atoms in total. The maximum Gasteiger partial charge on any atom is 0.170 e. The molecule has 0 radical (unpaired) electrons. The zero-order chi connectivity index (χ0) is 11.3. The summed E-state index contributed by atoms with van der Waals surface area (Å²) in [5.41, 5.74) is 0.789. The van der Waals surface area contributed by atoms with E-state index >= 15 is 0 Å². The smallest absolute Gasteiger partial charge is 0.170 e. The molecular weight excluding hydrogens is 211 g/mol. The van der Waals surface area contributed by atoms with E-state index in [-0.39, 0.29) is 5.82 Å². The average Bonchev–Trinajstić information content (AvgIpc) is 2.21. The van der Waals surface area contributed by atoms with Crippen LogP contribution in [0.2, 0.25) is 0 Å². The molecule has 1 rings (SSSR count). The number of hydrogen-bond acceptors (Lipinski definition) is 1. The van der Waals surface area contributed by atoms with Gasteiger partial charge in [0.2, 0.25) is 0 Å². The molecule has 0 aromatic heterocycles. The maximum atomic E-state index is 12.6. The number of hydrogen-bond donors (Lipinski definition) is 2. The van der Waals surface area contributed by atoms with E-state index in [1.54, 1.807) is 12.1 Å². The van der Waals surface area contributed by atoms with Crippen LogP contribution in [0.15, 0.2) is 24.3 Å². The van der Waals surface area contributed by atoms with E-state index in [4.69, 9.17) is 12.2 Å². The van der Waals surface area contributed by atoms with Gasteiger partial charge in [0.1, 0.15) is 5.82 Å². The predicted molar refractivity (Wildman–Crippen MR) is 65.5 cm³/mol. The van der Waals surface area contributed by atoms with E-state index in [2.05, 4.69) is 24.5 Å². The van der Waals surface area contributed by atoms with Gasteiger partial charge in [0.25, 0.3) is 0 Å². The summed E-state index contributed by atoms with van der Waals surface area (Å²) in [7, 11) is 0. The predicted octanol–water partition coefficient (Wildman–Crippen LogP) is 2.91. The molecular formula is C11H15FN2S. The Hall–Kier alpha value is -1.16. The van der Waals surface area contributed by atoms with E-state index in [0.29, 0.717) is 11.2 Å². The van der Waals surface area contributed by atoms with Crippen molar-refractivity contribution >= 4 is 23.0 Å². The van der Waals surface area contributed by atoms with Gasteiger partial charge in [0.15, 0.2) is 5.11 Å². The SMILES string of the molecule is CC[C@@H](C)NC(=S)Nc1ccc(F)cc1. The van der Waals surface area contributed by atoms with Crippen molar-refractivity contribution in [2.75, 3.05) is 5.32 Å². The van der Waals surface area contributed by atoms with Gasteiger partial charge in [-0.1, -0.05) is 6.92 Å². The van der Waals surface area contributed by atoms with Gasteiger partial charge in [0, 0.05) is 11.7 Å². The van der Waals surface area contributed by atoms with Crippen LogP contribution in [0.5, 0.6) is 0 Å². The zero-order valence-electron chi connectivity index (χ0n) is 8.88. The van der Waals surface area contributed by atoms with Gasteiger partial charge in [-0.2, -0.15) is 0 Å². The number of anilines is 1. The summed E-state index contributed by atoms with van der Waals surface area (Å²) in [4.78, 5) is 0. The van der Waals surface area contributed by atoms with Crippen LogP contribution in [0.1, 0.15) is 20.3 Å². The highest BCUT2D eigenvalue weighted by atomic mass is 32.1. The fraction of sp³-hybridized carbons (Fsp3) is 0.364. The molecule has 0 unspecified atom stereocenters. The summed E-state index contributed by atoms with van der Waals surface area (Å²) in [6.45, 7) is 4.14. The maximum absolute atomic E-state index is 12.6. The van der Waals surface area contributed by atoms with Crippen LogP contribution in [-0.4, -0.2) is 11.2 Å². The summed E-state index contributed by atoms with van der Waals surface area (Å²) < 4.78 is 12.6. The minimum atomic E-state index is -0.249. The summed E-state index contributed by atoms with van der Waals surface area (Å²) in [6, 6.07) is 6.44. The fourth-order valence-electron chi connectivity index (χ4n) is 1.03. The van der Waals surface area contributed by atoms with Crippen molar-refractivity contribution in [1.82, 2.24) is 5.32 Å². The van der Waals surface area contributed by atoms with Gasteiger partial charge in [-0.3, -0.25) is 0 Å². The lowest BCUT2D eigenvalue weighted by molar-refractivity contribution is 0.628. The van der Waals surface area contributed by atoms with E-state index in [1.807, 2.05) is 0 Å². The molecule has 0 amide bonds. The molecule has 0 aliphatic carbocycles. The van der Waals surface area contributed by atoms with Crippen LogP contribution in [0.3, 0.4) is 0 Å². The lowest BCUT2D eigenvalue weighted by Gasteiger charge is -2.15. The molecule has 82 valence electrons. The highest BCUT2D eigenvalue weighted by Gasteiger charge is 2.01. The molecule has 0 fully saturated rings. The molecule has 1 aromatic rings. The fourth-order valence-corrected chi connectivity index (χ4v) is 1.35. The van der Waals surface area contributed by atoms with Crippen molar-refractivity contribution in [2.24, 2.45) is 0 Å². The van der Waals surface area contributed by atoms with Gasteiger partial charge in [0.05, 0.1) is 0 Å². The average molecular weight is 226 g/mol. The normalized spacial score (nSPS) is 11.9. The molecule has 0 saturated carbocycles. The molecule has 15 heavy (non-hydrogen) atoms. The van der Waals surface area contributed by atoms with Gasteiger partial charge in [-0.25, -0.2) is 4.39 Å². The molecule has 0 saturated heterocycles. The van der Waals surface area contributed by atoms with Crippen LogP contribution in [0.25, 0.3) is 0 Å². The van der Waals surface area contributed by atoms with Gasteiger partial charge >= 0.3 is 0 Å². The van der Waals surface area contributed by atoms with Crippen LogP contribution >= 0.6 is 12.2 Å². The Morgan fingerprint density at radius 1 is 1.40 bits per heavy atom. The molecule has 1 atom stereocenters. The van der Waals surface area contributed by atoms with Crippen LogP contribution in [0, 0.1) is 5.82 Å². The minimum Gasteiger partial charge on any atom is -0.360 e. The largest absolute Gasteiger partial charge is 0.360 e. The Labute approximate surface area is 94.9 Å². The number of rotatable bonds is 3. The third-order valence-corrected chi connectivity index (χ3v) is 2.31. The van der Waals surface area contributed by atoms with Crippen LogP contribution in [0.4, 0.5) is 10.1 Å². The molecule has 2 N–H and O–H groups in total. The quantitative estimate of drug-likeness (QED) is 0.775. The lowest BCUT2D eigenvalue weighted by atomic mass is 10.3. The first-order valence-electron chi connectivity index (χ1n) is 4.95. The monoisotopic (exact) mass is 226 g/mol. The summed E-state index contributed by atoms with van der Waals surface area (Å²) >= 11 is 5.10. The number of nitrogens with one attached hydrogen (secondary N) is 2. The van der Waals surface area contributed by atoms with Gasteiger partial charge < -0.3 is 10.6 Å². The first-order valence-corrected chi connectivity index (χ1v) is 5.35. The standard InChI is InChI=1S/C11H15FN2S/c1-3-8(2)13-11(15)14-10-6-4-9(12)5-7-10/h4-8H,3H2,1-2H3,(H2,13,14,15)/t8-/m1/s1. The first-order chi connectivity index (χ1) is 7.11. The van der Waals surface area contributed by atoms with Crippen LogP contribution in [-0.2, 0) is 0 Å². The van der Waals surface area contributed by atoms with Crippen molar-refractivity contribution in [2.45, 2.75) is 26.3 Å². The molecule has 1 aromatic carbocycles. The number of benzene rings is 1. The van der Waals surface area contributed by atoms with Crippen molar-refractivity contribution in [3.8, 4) is 0 Å². The Balaban J connectivity index is 2.48. The van der Waals surface area contributed by atoms with E-state index in [0.717, 1.165) is 12.1 Å². The second kappa shape index (κ2) is 5.66. The molecule has 0 aliphatic rings. The first kappa shape index (κ1) is 11.9. The van der Waals surface area contributed by atoms with E-state index in [1.165, 1.54) is 12.1 Å². The summed E-state index contributed by atoms with van der Waals surface area (Å²) in [5.74, 6) is -0.249. The Morgan fingerprint density at radius 3 is 2.53 bits per heavy atom. The molecule has 4 heteroatoms. The highest BCUT2D eigenvalue weighted by molar-refractivity contribution is 7.80.